The molecule has 218 valence electrons. The number of aryl methyl sites for hydroxylation is 1. The van der Waals surface area contributed by atoms with E-state index in [1.165, 1.54) is 54.7 Å². The van der Waals surface area contributed by atoms with Crippen molar-refractivity contribution < 1.29 is 37.5 Å². The molecule has 0 fully saturated rings. The van der Waals surface area contributed by atoms with Crippen LogP contribution in [0.15, 0.2) is 36.5 Å². The summed E-state index contributed by atoms with van der Waals surface area (Å²) in [5, 5.41) is 20.9. The van der Waals surface area contributed by atoms with E-state index in [4.69, 9.17) is 25.0 Å². The lowest BCUT2D eigenvalue weighted by atomic mass is 9.97. The molecule has 1 amide bonds. The minimum Gasteiger partial charge on any atom is -0.497 e. The van der Waals surface area contributed by atoms with Crippen LogP contribution in [0.25, 0.3) is 11.1 Å². The number of halogens is 3. The van der Waals surface area contributed by atoms with Crippen molar-refractivity contribution in [1.82, 2.24) is 19.6 Å². The quantitative estimate of drug-likeness (QED) is 0.280. The first-order valence-electron chi connectivity index (χ1n) is 12.6. The normalized spacial score (nSPS) is 13.2. The van der Waals surface area contributed by atoms with Gasteiger partial charge in [0.1, 0.15) is 23.9 Å². The van der Waals surface area contributed by atoms with Crippen LogP contribution in [0.5, 0.6) is 17.2 Å². The van der Waals surface area contributed by atoms with E-state index < -0.39 is 17.8 Å². The zero-order valence-corrected chi connectivity index (χ0v) is 23.0. The largest absolute Gasteiger partial charge is 0.497 e. The number of fused-ring (bicyclic) bond motifs is 1. The van der Waals surface area contributed by atoms with E-state index in [0.717, 1.165) is 16.6 Å². The van der Waals surface area contributed by atoms with Gasteiger partial charge in [0, 0.05) is 37.0 Å². The molecular formula is C27H31F3N7O4+. The lowest BCUT2D eigenvalue weighted by Crippen LogP contribution is -2.87. The van der Waals surface area contributed by atoms with Crippen LogP contribution in [-0.4, -0.2) is 72.2 Å². The van der Waals surface area contributed by atoms with Crippen LogP contribution in [0.2, 0.25) is 0 Å². The number of amides is 1. The molecule has 0 spiro atoms. The molecule has 0 radical (unpaired) electrons. The average Bonchev–Trinajstić information content (AvgIpc) is 3.29. The monoisotopic (exact) mass is 574 g/mol. The molecule has 0 saturated heterocycles. The van der Waals surface area contributed by atoms with E-state index in [2.05, 4.69) is 5.10 Å². The number of guanidine groups is 1. The summed E-state index contributed by atoms with van der Waals surface area (Å²) in [7, 11) is 6.05. The molecule has 4 rings (SSSR count). The molecule has 0 bridgehead atoms. The molecule has 11 nitrogen and oxygen atoms in total. The Balaban J connectivity index is 1.85. The third kappa shape index (κ3) is 6.27. The fraction of sp³-hybridized carbons (Fsp3) is 0.333. The number of ether oxygens (including phenoxy) is 3. The Hall–Kier alpha value is -4.59. The Kier molecular flexibility index (Phi) is 8.52. The smallest absolute Gasteiger partial charge is 0.435 e. The number of benzene rings is 2. The molecule has 3 aromatic rings. The predicted molar refractivity (Wildman–Crippen MR) is 143 cm³/mol. The van der Waals surface area contributed by atoms with Crippen LogP contribution < -0.4 is 19.5 Å². The predicted octanol–water partition coefficient (Wildman–Crippen LogP) is 2.69. The molecule has 0 aliphatic carbocycles. The molecular weight excluding hydrogens is 543 g/mol. The Labute approximate surface area is 234 Å². The van der Waals surface area contributed by atoms with Crippen LogP contribution in [0.1, 0.15) is 27.2 Å². The van der Waals surface area contributed by atoms with Crippen molar-refractivity contribution in [3.8, 4) is 28.4 Å². The van der Waals surface area contributed by atoms with Gasteiger partial charge in [0.25, 0.3) is 11.9 Å². The fourth-order valence-electron chi connectivity index (χ4n) is 4.61. The molecule has 4 N–H and O–H groups in total. The Morgan fingerprint density at radius 1 is 1.12 bits per heavy atom. The minimum atomic E-state index is -4.76. The van der Waals surface area contributed by atoms with Gasteiger partial charge >= 0.3 is 6.18 Å². The van der Waals surface area contributed by atoms with Crippen molar-refractivity contribution in [2.24, 2.45) is 7.05 Å². The SMILES string of the molecule is C[NH2+]C(=N)N(C=N)Cc1cc2c(c(-c3cn(C)nc3C(F)(F)F)c1)OCCN(Cc1cc(OC)cc(OC)c1)C2=O. The van der Waals surface area contributed by atoms with E-state index in [9.17, 15) is 18.0 Å². The summed E-state index contributed by atoms with van der Waals surface area (Å²) in [5.74, 6) is 0.673. The molecule has 0 saturated carbocycles. The number of alkyl halides is 3. The van der Waals surface area contributed by atoms with E-state index in [0.29, 0.717) is 17.1 Å². The topological polar surface area (TPSA) is 133 Å². The molecule has 1 aromatic heterocycles. The molecule has 0 unspecified atom stereocenters. The maximum absolute atomic E-state index is 14.0. The average molecular weight is 575 g/mol. The number of rotatable bonds is 8. The first-order chi connectivity index (χ1) is 19.5. The Bertz CT molecular complexity index is 1450. The van der Waals surface area contributed by atoms with E-state index in [-0.39, 0.29) is 54.6 Å². The van der Waals surface area contributed by atoms with Gasteiger partial charge in [0.2, 0.25) is 0 Å². The number of hydrogen-bond acceptors (Lipinski definition) is 7. The lowest BCUT2D eigenvalue weighted by molar-refractivity contribution is -0.516. The van der Waals surface area contributed by atoms with Crippen molar-refractivity contribution in [1.29, 1.82) is 10.8 Å². The van der Waals surface area contributed by atoms with E-state index >= 15 is 0 Å². The molecule has 2 heterocycles. The number of aromatic nitrogens is 2. The number of nitrogens with two attached hydrogens (primary N) is 1. The van der Waals surface area contributed by atoms with Gasteiger partial charge in [-0.05, 0) is 35.4 Å². The van der Waals surface area contributed by atoms with Crippen LogP contribution in [-0.2, 0) is 26.3 Å². The number of carbonyl (C=O) groups excluding carboxylic acids is 1. The zero-order chi connectivity index (χ0) is 29.9. The summed E-state index contributed by atoms with van der Waals surface area (Å²) < 4.78 is 59.7. The second-order valence-corrected chi connectivity index (χ2v) is 9.31. The van der Waals surface area contributed by atoms with Gasteiger partial charge in [0.15, 0.2) is 5.69 Å². The minimum absolute atomic E-state index is 0.0153. The van der Waals surface area contributed by atoms with Gasteiger partial charge < -0.3 is 19.1 Å². The number of hydrogen-bond donors (Lipinski definition) is 3. The molecule has 1 aliphatic rings. The van der Waals surface area contributed by atoms with Gasteiger partial charge in [-0.2, -0.15) is 18.3 Å². The van der Waals surface area contributed by atoms with Crippen molar-refractivity contribution in [3.63, 3.8) is 0 Å². The maximum atomic E-state index is 14.0. The highest BCUT2D eigenvalue weighted by atomic mass is 19.4. The summed E-state index contributed by atoms with van der Waals surface area (Å²) >= 11 is 0. The number of nitrogens with one attached hydrogen (secondary N) is 2. The van der Waals surface area contributed by atoms with Crippen molar-refractivity contribution >= 4 is 18.2 Å². The highest BCUT2D eigenvalue weighted by molar-refractivity contribution is 6.00. The standard InChI is InChI=1S/C27H30F3N7O4/c1-33-26(32)37(15-31)13-17-9-20(22-14-35(2)34-24(22)27(28,29)30)23-21(10-17)25(38)36(5-6-41-23)12-16-7-18(39-3)11-19(8-16)40-4/h7-11,14-15,31H,5-6,12-13H2,1-4H3,(H2,32,33)/p+1. The first kappa shape index (κ1) is 29.4. The van der Waals surface area contributed by atoms with Gasteiger partial charge in [0.05, 0.1) is 46.3 Å². The van der Waals surface area contributed by atoms with Gasteiger partial charge in [-0.25, -0.2) is 5.41 Å². The summed E-state index contributed by atoms with van der Waals surface area (Å²) in [5.41, 5.74) is -0.101. The highest BCUT2D eigenvalue weighted by Crippen LogP contribution is 2.43. The highest BCUT2D eigenvalue weighted by Gasteiger charge is 2.39. The summed E-state index contributed by atoms with van der Waals surface area (Å²) in [4.78, 5) is 16.8. The number of quaternary nitrogens is 1. The van der Waals surface area contributed by atoms with Crippen LogP contribution in [0, 0.1) is 10.8 Å². The van der Waals surface area contributed by atoms with Crippen molar-refractivity contribution in [2.45, 2.75) is 19.3 Å². The van der Waals surface area contributed by atoms with Gasteiger partial charge in [-0.15, -0.1) is 0 Å². The summed E-state index contributed by atoms with van der Waals surface area (Å²) in [6, 6.07) is 8.26. The summed E-state index contributed by atoms with van der Waals surface area (Å²) in [6.07, 6.45) is -2.58. The molecule has 2 aromatic carbocycles. The first-order valence-corrected chi connectivity index (χ1v) is 12.6. The number of carbonyl (C=O) groups is 1. The zero-order valence-electron chi connectivity index (χ0n) is 23.0. The van der Waals surface area contributed by atoms with Crippen molar-refractivity contribution in [3.05, 3.63) is 58.9 Å². The van der Waals surface area contributed by atoms with Crippen molar-refractivity contribution in [2.75, 3.05) is 34.4 Å². The lowest BCUT2D eigenvalue weighted by Gasteiger charge is -2.22. The van der Waals surface area contributed by atoms with E-state index in [1.807, 2.05) is 0 Å². The third-order valence-electron chi connectivity index (χ3n) is 6.54. The second kappa shape index (κ2) is 11.9. The summed E-state index contributed by atoms with van der Waals surface area (Å²) in [6.45, 7) is 0.339. The molecule has 14 heteroatoms. The second-order valence-electron chi connectivity index (χ2n) is 9.31. The molecule has 0 atom stereocenters. The maximum Gasteiger partial charge on any atom is 0.435 e. The van der Waals surface area contributed by atoms with Gasteiger partial charge in [-0.3, -0.25) is 25.1 Å². The molecule has 1 aliphatic heterocycles. The Morgan fingerprint density at radius 2 is 1.78 bits per heavy atom. The molecule has 41 heavy (non-hydrogen) atoms. The van der Waals surface area contributed by atoms with Crippen LogP contribution in [0.4, 0.5) is 13.2 Å². The van der Waals surface area contributed by atoms with Gasteiger partial charge in [-0.1, -0.05) is 0 Å². The number of methoxy groups -OCH3 is 2. The third-order valence-corrected chi connectivity index (χ3v) is 6.54. The Morgan fingerprint density at radius 3 is 2.37 bits per heavy atom. The van der Waals surface area contributed by atoms with E-state index in [1.54, 1.807) is 25.2 Å². The fourth-order valence-corrected chi connectivity index (χ4v) is 4.61. The van der Waals surface area contributed by atoms with Crippen LogP contribution >= 0.6 is 0 Å². The number of nitrogens with zero attached hydrogens (tertiary/aromatic N) is 4. The van der Waals surface area contributed by atoms with Crippen LogP contribution in [0.3, 0.4) is 0 Å².